The number of halogens is 2. The van der Waals surface area contributed by atoms with Gasteiger partial charge in [0.15, 0.2) is 0 Å². The lowest BCUT2D eigenvalue weighted by Gasteiger charge is -2.28. The molecule has 0 radical (unpaired) electrons. The number of rotatable bonds is 7. The monoisotopic (exact) mass is 288 g/mol. The molecule has 1 aromatic carbocycles. The van der Waals surface area contributed by atoms with Crippen molar-refractivity contribution in [2.75, 3.05) is 38.6 Å². The quantitative estimate of drug-likeness (QED) is 0.703. The molecular weight excluding hydrogens is 267 g/mol. The Labute approximate surface area is 120 Å². The first-order valence-electron chi connectivity index (χ1n) is 6.33. The van der Waals surface area contributed by atoms with Crippen molar-refractivity contribution in [3.05, 3.63) is 28.8 Å². The highest BCUT2D eigenvalue weighted by Gasteiger charge is 2.12. The highest BCUT2D eigenvalue weighted by molar-refractivity contribution is 6.32. The van der Waals surface area contributed by atoms with E-state index in [0.29, 0.717) is 5.88 Å². The molecule has 0 aromatic heterocycles. The van der Waals surface area contributed by atoms with Crippen molar-refractivity contribution in [1.29, 1.82) is 0 Å². The smallest absolute Gasteiger partial charge is 0.0509 e. The van der Waals surface area contributed by atoms with E-state index in [1.165, 1.54) is 5.69 Å². The van der Waals surface area contributed by atoms with Crippen LogP contribution in [0.3, 0.4) is 0 Å². The Morgan fingerprint density at radius 3 is 2.39 bits per heavy atom. The summed E-state index contributed by atoms with van der Waals surface area (Å²) in [6.07, 6.45) is 1.11. The molecule has 1 rings (SSSR count). The molecule has 0 aliphatic heterocycles. The highest BCUT2D eigenvalue weighted by atomic mass is 35.5. The van der Waals surface area contributed by atoms with Crippen LogP contribution in [0.1, 0.15) is 18.9 Å². The maximum absolute atomic E-state index is 6.21. The van der Waals surface area contributed by atoms with Crippen LogP contribution in [0.4, 0.5) is 5.69 Å². The third-order valence-electron chi connectivity index (χ3n) is 2.88. The molecule has 18 heavy (non-hydrogen) atoms. The molecule has 0 fully saturated rings. The minimum Gasteiger partial charge on any atom is -0.370 e. The zero-order chi connectivity index (χ0) is 13.5. The largest absolute Gasteiger partial charge is 0.370 e. The summed E-state index contributed by atoms with van der Waals surface area (Å²) in [6, 6.07) is 6.00. The van der Waals surface area contributed by atoms with Gasteiger partial charge in [0.1, 0.15) is 0 Å². The van der Waals surface area contributed by atoms with Crippen LogP contribution in [0.2, 0.25) is 5.02 Å². The van der Waals surface area contributed by atoms with Gasteiger partial charge in [-0.15, -0.1) is 11.6 Å². The van der Waals surface area contributed by atoms with Crippen molar-refractivity contribution in [3.8, 4) is 0 Å². The SMILES string of the molecule is CCCN(CCN(C)C)c1cccc(Cl)c1CCl. The fourth-order valence-electron chi connectivity index (χ4n) is 1.92. The average molecular weight is 289 g/mol. The Kier molecular flexibility index (Phi) is 6.83. The van der Waals surface area contributed by atoms with Crippen LogP contribution in [0, 0.1) is 0 Å². The van der Waals surface area contributed by atoms with Crippen LogP contribution in [-0.4, -0.2) is 38.6 Å². The molecule has 0 heterocycles. The predicted molar refractivity (Wildman–Crippen MR) is 82.1 cm³/mol. The first kappa shape index (κ1) is 15.6. The molecule has 0 atom stereocenters. The molecule has 0 aliphatic carbocycles. The van der Waals surface area contributed by atoms with Gasteiger partial charge in [0.25, 0.3) is 0 Å². The third-order valence-corrected chi connectivity index (χ3v) is 3.50. The summed E-state index contributed by atoms with van der Waals surface area (Å²) in [5.74, 6) is 0.456. The summed E-state index contributed by atoms with van der Waals surface area (Å²) < 4.78 is 0. The Hall–Kier alpha value is -0.440. The summed E-state index contributed by atoms with van der Waals surface area (Å²) in [6.45, 7) is 5.23. The van der Waals surface area contributed by atoms with Crippen LogP contribution < -0.4 is 4.90 Å². The van der Waals surface area contributed by atoms with Gasteiger partial charge in [0, 0.05) is 35.9 Å². The fraction of sp³-hybridized carbons (Fsp3) is 0.571. The molecule has 0 bridgehead atoms. The summed E-state index contributed by atoms with van der Waals surface area (Å²) in [5.41, 5.74) is 2.20. The van der Waals surface area contributed by atoms with Gasteiger partial charge in [-0.1, -0.05) is 24.6 Å². The first-order valence-corrected chi connectivity index (χ1v) is 7.24. The average Bonchev–Trinajstić information content (AvgIpc) is 2.34. The lowest BCUT2D eigenvalue weighted by molar-refractivity contribution is 0.413. The van der Waals surface area contributed by atoms with Crippen LogP contribution in [0.25, 0.3) is 0 Å². The fourth-order valence-corrected chi connectivity index (χ4v) is 2.50. The van der Waals surface area contributed by atoms with E-state index in [4.69, 9.17) is 23.2 Å². The zero-order valence-electron chi connectivity index (χ0n) is 11.4. The van der Waals surface area contributed by atoms with Gasteiger partial charge in [-0.2, -0.15) is 0 Å². The lowest BCUT2D eigenvalue weighted by atomic mass is 10.1. The molecular formula is C14H22Cl2N2. The predicted octanol–water partition coefficient (Wildman–Crippen LogP) is 3.86. The van der Waals surface area contributed by atoms with E-state index in [-0.39, 0.29) is 0 Å². The van der Waals surface area contributed by atoms with Crippen molar-refractivity contribution in [3.63, 3.8) is 0 Å². The van der Waals surface area contributed by atoms with E-state index in [0.717, 1.165) is 36.6 Å². The number of hydrogen-bond acceptors (Lipinski definition) is 2. The van der Waals surface area contributed by atoms with Gasteiger partial charge >= 0.3 is 0 Å². The standard InChI is InChI=1S/C14H22Cl2N2/c1-4-8-18(10-9-17(2)3)14-7-5-6-13(16)12(14)11-15/h5-7H,4,8-11H2,1-3H3. The van der Waals surface area contributed by atoms with Crippen molar-refractivity contribution in [2.24, 2.45) is 0 Å². The van der Waals surface area contributed by atoms with Gasteiger partial charge in [-0.05, 0) is 32.6 Å². The highest BCUT2D eigenvalue weighted by Crippen LogP contribution is 2.29. The molecule has 4 heteroatoms. The Balaban J connectivity index is 2.93. The molecule has 0 unspecified atom stereocenters. The summed E-state index contributed by atoms with van der Waals surface area (Å²) in [4.78, 5) is 4.55. The van der Waals surface area contributed by atoms with Gasteiger partial charge < -0.3 is 9.80 Å². The molecule has 0 saturated carbocycles. The Morgan fingerprint density at radius 1 is 1.11 bits per heavy atom. The van der Waals surface area contributed by atoms with Crippen LogP contribution in [-0.2, 0) is 5.88 Å². The molecule has 1 aromatic rings. The second-order valence-electron chi connectivity index (χ2n) is 4.66. The maximum Gasteiger partial charge on any atom is 0.0509 e. The topological polar surface area (TPSA) is 6.48 Å². The van der Waals surface area contributed by atoms with Gasteiger partial charge in [-0.25, -0.2) is 0 Å². The van der Waals surface area contributed by atoms with E-state index >= 15 is 0 Å². The van der Waals surface area contributed by atoms with Crippen molar-refractivity contribution >= 4 is 28.9 Å². The molecule has 2 nitrogen and oxygen atoms in total. The molecule has 0 N–H and O–H groups in total. The maximum atomic E-state index is 6.21. The number of benzene rings is 1. The Morgan fingerprint density at radius 2 is 1.83 bits per heavy atom. The number of hydrogen-bond donors (Lipinski definition) is 0. The molecule has 0 amide bonds. The van der Waals surface area contributed by atoms with Crippen LogP contribution >= 0.6 is 23.2 Å². The normalized spacial score (nSPS) is 11.0. The second-order valence-corrected chi connectivity index (χ2v) is 5.34. The Bertz CT molecular complexity index is 367. The van der Waals surface area contributed by atoms with E-state index in [9.17, 15) is 0 Å². The van der Waals surface area contributed by atoms with Gasteiger partial charge in [-0.3, -0.25) is 0 Å². The van der Waals surface area contributed by atoms with E-state index in [1.54, 1.807) is 0 Å². The molecule has 0 saturated heterocycles. The number of anilines is 1. The first-order chi connectivity index (χ1) is 8.60. The van der Waals surface area contributed by atoms with Crippen molar-refractivity contribution in [2.45, 2.75) is 19.2 Å². The van der Waals surface area contributed by atoms with Gasteiger partial charge in [0.05, 0.1) is 5.88 Å². The zero-order valence-corrected chi connectivity index (χ0v) is 12.9. The van der Waals surface area contributed by atoms with Crippen LogP contribution in [0.15, 0.2) is 18.2 Å². The number of nitrogens with zero attached hydrogens (tertiary/aromatic N) is 2. The summed E-state index contributed by atoms with van der Waals surface area (Å²) in [7, 11) is 4.18. The minimum absolute atomic E-state index is 0.456. The van der Waals surface area contributed by atoms with E-state index in [2.05, 4.69) is 36.9 Å². The minimum atomic E-state index is 0.456. The van der Waals surface area contributed by atoms with E-state index < -0.39 is 0 Å². The van der Waals surface area contributed by atoms with Gasteiger partial charge in [0.2, 0.25) is 0 Å². The van der Waals surface area contributed by atoms with Crippen molar-refractivity contribution < 1.29 is 0 Å². The number of likely N-dealkylation sites (N-methyl/N-ethyl adjacent to an activating group) is 1. The molecule has 102 valence electrons. The second kappa shape index (κ2) is 7.88. The van der Waals surface area contributed by atoms with Crippen LogP contribution in [0.5, 0.6) is 0 Å². The lowest BCUT2D eigenvalue weighted by Crippen LogP contribution is -2.33. The summed E-state index contributed by atoms with van der Waals surface area (Å²) in [5, 5.41) is 0.758. The van der Waals surface area contributed by atoms with Crippen molar-refractivity contribution in [1.82, 2.24) is 4.90 Å². The summed E-state index contributed by atoms with van der Waals surface area (Å²) >= 11 is 12.2. The third kappa shape index (κ3) is 4.34. The number of alkyl halides is 1. The molecule has 0 spiro atoms. The molecule has 0 aliphatic rings. The van der Waals surface area contributed by atoms with E-state index in [1.807, 2.05) is 12.1 Å².